The number of nitrogens with zero attached hydrogens (tertiary/aromatic N) is 3. The Morgan fingerprint density at radius 3 is 2.53 bits per heavy atom. The van der Waals surface area contributed by atoms with Crippen LogP contribution in [-0.4, -0.2) is 55.0 Å². The maximum absolute atomic E-state index is 13.4. The SMILES string of the molecule is COc1ccc(CN(Cc2cccnc2)C(=O)C2CCCCC2)cc1OCCCN(C)C. The first-order chi connectivity index (χ1) is 15.6. The van der Waals surface area contributed by atoms with Gasteiger partial charge >= 0.3 is 0 Å². The Labute approximate surface area is 192 Å². The maximum Gasteiger partial charge on any atom is 0.226 e. The number of carbonyl (C=O) groups is 1. The van der Waals surface area contributed by atoms with Gasteiger partial charge in [0.05, 0.1) is 13.7 Å². The summed E-state index contributed by atoms with van der Waals surface area (Å²) >= 11 is 0. The van der Waals surface area contributed by atoms with E-state index in [0.717, 1.165) is 61.3 Å². The van der Waals surface area contributed by atoms with E-state index in [-0.39, 0.29) is 11.8 Å². The Morgan fingerprint density at radius 1 is 1.06 bits per heavy atom. The fourth-order valence-corrected chi connectivity index (χ4v) is 4.25. The largest absolute Gasteiger partial charge is 0.493 e. The van der Waals surface area contributed by atoms with Crippen LogP contribution in [0.4, 0.5) is 0 Å². The number of ether oxygens (including phenoxy) is 2. The third kappa shape index (κ3) is 7.23. The maximum atomic E-state index is 13.4. The monoisotopic (exact) mass is 439 g/mol. The quantitative estimate of drug-likeness (QED) is 0.482. The number of amides is 1. The number of pyridine rings is 1. The first-order valence-electron chi connectivity index (χ1n) is 11.7. The van der Waals surface area contributed by atoms with Crippen LogP contribution in [0.2, 0.25) is 0 Å². The lowest BCUT2D eigenvalue weighted by atomic mass is 9.88. The first-order valence-corrected chi connectivity index (χ1v) is 11.7. The number of methoxy groups -OCH3 is 1. The highest BCUT2D eigenvalue weighted by atomic mass is 16.5. The van der Waals surface area contributed by atoms with E-state index >= 15 is 0 Å². The highest BCUT2D eigenvalue weighted by molar-refractivity contribution is 5.79. The van der Waals surface area contributed by atoms with Gasteiger partial charge in [-0.2, -0.15) is 0 Å². The van der Waals surface area contributed by atoms with Crippen molar-refractivity contribution in [1.82, 2.24) is 14.8 Å². The molecule has 1 heterocycles. The van der Waals surface area contributed by atoms with E-state index in [4.69, 9.17) is 9.47 Å². The van der Waals surface area contributed by atoms with Crippen LogP contribution in [0, 0.1) is 5.92 Å². The normalized spacial score (nSPS) is 14.4. The van der Waals surface area contributed by atoms with Gasteiger partial charge in [-0.3, -0.25) is 9.78 Å². The smallest absolute Gasteiger partial charge is 0.226 e. The highest BCUT2D eigenvalue weighted by Gasteiger charge is 2.26. The molecule has 1 saturated carbocycles. The Hall–Kier alpha value is -2.60. The van der Waals surface area contributed by atoms with Crippen LogP contribution in [0.3, 0.4) is 0 Å². The van der Waals surface area contributed by atoms with E-state index < -0.39 is 0 Å². The number of benzene rings is 1. The van der Waals surface area contributed by atoms with E-state index in [1.54, 1.807) is 13.3 Å². The zero-order valence-electron chi connectivity index (χ0n) is 19.8. The van der Waals surface area contributed by atoms with Gasteiger partial charge in [0.15, 0.2) is 11.5 Å². The topological polar surface area (TPSA) is 54.9 Å². The van der Waals surface area contributed by atoms with Crippen molar-refractivity contribution in [2.24, 2.45) is 5.92 Å². The zero-order chi connectivity index (χ0) is 22.8. The molecule has 32 heavy (non-hydrogen) atoms. The highest BCUT2D eigenvalue weighted by Crippen LogP contribution is 2.30. The zero-order valence-corrected chi connectivity index (χ0v) is 19.8. The molecular weight excluding hydrogens is 402 g/mol. The molecule has 0 spiro atoms. The molecule has 1 fully saturated rings. The Bertz CT molecular complexity index is 835. The molecule has 0 atom stereocenters. The van der Waals surface area contributed by atoms with Crippen molar-refractivity contribution in [3.63, 3.8) is 0 Å². The van der Waals surface area contributed by atoms with E-state index in [9.17, 15) is 4.79 Å². The van der Waals surface area contributed by atoms with Crippen molar-refractivity contribution in [3.05, 3.63) is 53.9 Å². The summed E-state index contributed by atoms with van der Waals surface area (Å²) in [7, 11) is 5.77. The van der Waals surface area contributed by atoms with Gasteiger partial charge in [-0.25, -0.2) is 0 Å². The lowest BCUT2D eigenvalue weighted by molar-refractivity contribution is -0.137. The Balaban J connectivity index is 1.74. The van der Waals surface area contributed by atoms with Gasteiger partial charge < -0.3 is 19.3 Å². The van der Waals surface area contributed by atoms with Crippen LogP contribution in [0.25, 0.3) is 0 Å². The van der Waals surface area contributed by atoms with E-state index in [1.807, 2.05) is 41.4 Å². The van der Waals surface area contributed by atoms with Crippen molar-refractivity contribution in [2.45, 2.75) is 51.6 Å². The van der Waals surface area contributed by atoms with Gasteiger partial charge in [-0.1, -0.05) is 31.4 Å². The summed E-state index contributed by atoms with van der Waals surface area (Å²) in [6, 6.07) is 9.92. The fraction of sp³-hybridized carbons (Fsp3) is 0.538. The molecule has 0 unspecified atom stereocenters. The van der Waals surface area contributed by atoms with Gasteiger partial charge in [0.2, 0.25) is 5.91 Å². The van der Waals surface area contributed by atoms with E-state index in [1.165, 1.54) is 6.42 Å². The molecule has 0 N–H and O–H groups in total. The Kier molecular flexibility index (Phi) is 9.35. The standard InChI is InChI=1S/C26H37N3O3/c1-28(2)15-8-16-32-25-17-21(12-13-24(25)31-3)19-29(20-22-9-7-14-27-18-22)26(30)23-10-5-4-6-11-23/h7,9,12-14,17-18,23H,4-6,8,10-11,15-16,19-20H2,1-3H3. The number of carbonyl (C=O) groups excluding carboxylic acids is 1. The molecule has 6 nitrogen and oxygen atoms in total. The van der Waals surface area contributed by atoms with Gasteiger partial charge in [-0.05, 0) is 62.7 Å². The molecule has 0 saturated heterocycles. The summed E-state index contributed by atoms with van der Waals surface area (Å²) in [4.78, 5) is 21.8. The minimum atomic E-state index is 0.125. The third-order valence-electron chi connectivity index (χ3n) is 5.97. The lowest BCUT2D eigenvalue weighted by Crippen LogP contribution is -2.36. The molecule has 174 valence electrons. The minimum absolute atomic E-state index is 0.125. The van der Waals surface area contributed by atoms with Crippen LogP contribution < -0.4 is 9.47 Å². The molecule has 3 rings (SSSR count). The number of hydrogen-bond acceptors (Lipinski definition) is 5. The van der Waals surface area contributed by atoms with Crippen molar-refractivity contribution in [2.75, 3.05) is 34.4 Å². The fourth-order valence-electron chi connectivity index (χ4n) is 4.25. The molecule has 0 radical (unpaired) electrons. The lowest BCUT2D eigenvalue weighted by Gasteiger charge is -2.29. The Morgan fingerprint density at radius 2 is 1.84 bits per heavy atom. The molecule has 0 bridgehead atoms. The average molecular weight is 440 g/mol. The van der Waals surface area contributed by atoms with Crippen LogP contribution in [0.5, 0.6) is 11.5 Å². The first kappa shape index (κ1) is 24.1. The second-order valence-electron chi connectivity index (χ2n) is 8.88. The van der Waals surface area contributed by atoms with E-state index in [2.05, 4.69) is 24.0 Å². The van der Waals surface area contributed by atoms with Crippen LogP contribution in [0.15, 0.2) is 42.7 Å². The van der Waals surface area contributed by atoms with Crippen LogP contribution >= 0.6 is 0 Å². The second kappa shape index (κ2) is 12.4. The molecule has 0 aliphatic heterocycles. The van der Waals surface area contributed by atoms with Gasteiger partial charge in [0, 0.05) is 37.9 Å². The summed E-state index contributed by atoms with van der Waals surface area (Å²) in [6.45, 7) is 2.70. The number of hydrogen-bond donors (Lipinski definition) is 0. The number of aromatic nitrogens is 1. The molecule has 6 heteroatoms. The van der Waals surface area contributed by atoms with Crippen molar-refractivity contribution < 1.29 is 14.3 Å². The van der Waals surface area contributed by atoms with Crippen LogP contribution in [0.1, 0.15) is 49.7 Å². The summed E-state index contributed by atoms with van der Waals surface area (Å²) < 4.78 is 11.5. The molecule has 1 aliphatic rings. The van der Waals surface area contributed by atoms with Crippen molar-refractivity contribution in [3.8, 4) is 11.5 Å². The predicted octanol–water partition coefficient (Wildman–Crippen LogP) is 4.53. The summed E-state index contributed by atoms with van der Waals surface area (Å²) in [5.41, 5.74) is 2.09. The molecule has 1 aromatic heterocycles. The third-order valence-corrected chi connectivity index (χ3v) is 5.97. The van der Waals surface area contributed by atoms with Gasteiger partial charge in [0.25, 0.3) is 0 Å². The molecule has 1 aromatic carbocycles. The summed E-state index contributed by atoms with van der Waals surface area (Å²) in [5.74, 6) is 1.82. The average Bonchev–Trinajstić information content (AvgIpc) is 2.82. The second-order valence-corrected chi connectivity index (χ2v) is 8.88. The molecular formula is C26H37N3O3. The molecule has 1 amide bonds. The molecule has 2 aromatic rings. The van der Waals surface area contributed by atoms with Crippen LogP contribution in [-0.2, 0) is 17.9 Å². The van der Waals surface area contributed by atoms with Gasteiger partial charge in [0.1, 0.15) is 0 Å². The summed E-state index contributed by atoms with van der Waals surface area (Å²) in [5, 5.41) is 0. The van der Waals surface area contributed by atoms with Crippen molar-refractivity contribution in [1.29, 1.82) is 0 Å². The minimum Gasteiger partial charge on any atom is -0.493 e. The predicted molar refractivity (Wildman–Crippen MR) is 127 cm³/mol. The number of rotatable bonds is 11. The summed E-state index contributed by atoms with van der Waals surface area (Å²) in [6.07, 6.45) is 10.0. The molecule has 1 aliphatic carbocycles. The van der Waals surface area contributed by atoms with Crippen molar-refractivity contribution >= 4 is 5.91 Å². The van der Waals surface area contributed by atoms with Gasteiger partial charge in [-0.15, -0.1) is 0 Å². The van der Waals surface area contributed by atoms with E-state index in [0.29, 0.717) is 19.7 Å².